The molecular weight excluding hydrogens is 344 g/mol. The van der Waals surface area contributed by atoms with Crippen LogP contribution in [0.15, 0.2) is 42.5 Å². The Bertz CT molecular complexity index is 738. The molecule has 1 unspecified atom stereocenters. The van der Waals surface area contributed by atoms with E-state index in [9.17, 15) is 0 Å². The molecule has 3 aliphatic heterocycles. The lowest BCUT2D eigenvalue weighted by atomic mass is 9.84. The highest BCUT2D eigenvalue weighted by Gasteiger charge is 2.33. The highest BCUT2D eigenvalue weighted by Crippen LogP contribution is 2.29. The summed E-state index contributed by atoms with van der Waals surface area (Å²) in [5, 5.41) is 4.52. The Morgan fingerprint density at radius 1 is 1.12 bits per heavy atom. The normalized spacial score (nSPS) is 24.6. The quantitative estimate of drug-likeness (QED) is 0.815. The first kappa shape index (κ1) is 17.8. The van der Waals surface area contributed by atoms with E-state index in [0.29, 0.717) is 12.6 Å². The van der Waals surface area contributed by atoms with Crippen molar-refractivity contribution >= 4 is 11.6 Å². The Morgan fingerprint density at radius 2 is 1.88 bits per heavy atom. The second-order valence-electron chi connectivity index (χ2n) is 7.65. The van der Waals surface area contributed by atoms with Crippen molar-refractivity contribution in [2.45, 2.75) is 39.0 Å². The van der Waals surface area contributed by atoms with Gasteiger partial charge in [0.15, 0.2) is 0 Å². The summed E-state index contributed by atoms with van der Waals surface area (Å²) in [6.45, 7) is 7.19. The van der Waals surface area contributed by atoms with Crippen molar-refractivity contribution in [2.24, 2.45) is 5.92 Å². The number of nitrogens with one attached hydrogen (secondary N) is 1. The molecular formula is C22H27ClN2O. The molecule has 1 N–H and O–H groups in total. The number of halogens is 1. The average Bonchev–Trinajstić information content (AvgIpc) is 2.68. The number of hydrogen-bond donors (Lipinski definition) is 1. The molecule has 3 fully saturated rings. The number of hydrogen-bond acceptors (Lipinski definition) is 3. The molecule has 5 rings (SSSR count). The predicted octanol–water partition coefficient (Wildman–Crippen LogP) is 4.41. The van der Waals surface area contributed by atoms with Crippen LogP contribution in [0.5, 0.6) is 5.75 Å². The van der Waals surface area contributed by atoms with Crippen molar-refractivity contribution in [3.05, 3.63) is 64.2 Å². The number of nitrogens with zero attached hydrogens (tertiary/aromatic N) is 1. The monoisotopic (exact) mass is 370 g/mol. The van der Waals surface area contributed by atoms with E-state index in [1.807, 2.05) is 18.2 Å². The van der Waals surface area contributed by atoms with E-state index in [2.05, 4.69) is 41.4 Å². The SMILES string of the molecule is Cc1ccc(COc2ccc(Cl)cc2CNC2CN3CCC2CC3)cc1. The molecule has 26 heavy (non-hydrogen) atoms. The molecule has 0 spiro atoms. The van der Waals surface area contributed by atoms with Crippen LogP contribution in [0.3, 0.4) is 0 Å². The lowest BCUT2D eigenvalue weighted by molar-refractivity contribution is 0.0718. The van der Waals surface area contributed by atoms with Crippen molar-refractivity contribution < 1.29 is 4.74 Å². The maximum absolute atomic E-state index is 6.24. The van der Waals surface area contributed by atoms with Gasteiger partial charge < -0.3 is 15.0 Å². The first-order chi connectivity index (χ1) is 12.7. The Labute approximate surface area is 161 Å². The smallest absolute Gasteiger partial charge is 0.124 e. The van der Waals surface area contributed by atoms with Gasteiger partial charge in [0.25, 0.3) is 0 Å². The largest absolute Gasteiger partial charge is 0.489 e. The summed E-state index contributed by atoms with van der Waals surface area (Å²) in [7, 11) is 0. The van der Waals surface area contributed by atoms with Gasteiger partial charge in [-0.1, -0.05) is 41.4 Å². The van der Waals surface area contributed by atoms with Gasteiger partial charge in [0, 0.05) is 29.7 Å². The van der Waals surface area contributed by atoms with E-state index in [-0.39, 0.29) is 0 Å². The second kappa shape index (κ2) is 7.99. The third-order valence-corrected chi connectivity index (χ3v) is 5.98. The van der Waals surface area contributed by atoms with E-state index in [4.69, 9.17) is 16.3 Å². The van der Waals surface area contributed by atoms with E-state index in [1.165, 1.54) is 43.6 Å². The fourth-order valence-electron chi connectivity index (χ4n) is 4.11. The highest BCUT2D eigenvalue weighted by molar-refractivity contribution is 6.30. The topological polar surface area (TPSA) is 24.5 Å². The molecule has 3 heterocycles. The first-order valence-electron chi connectivity index (χ1n) is 9.60. The zero-order valence-corrected chi connectivity index (χ0v) is 16.1. The Balaban J connectivity index is 1.40. The fraction of sp³-hybridized carbons (Fsp3) is 0.455. The Kier molecular flexibility index (Phi) is 5.49. The average molecular weight is 371 g/mol. The minimum absolute atomic E-state index is 0.578. The summed E-state index contributed by atoms with van der Waals surface area (Å²) in [5.74, 6) is 1.74. The summed E-state index contributed by atoms with van der Waals surface area (Å²) in [5.41, 5.74) is 3.59. The summed E-state index contributed by atoms with van der Waals surface area (Å²) >= 11 is 6.24. The highest BCUT2D eigenvalue weighted by atomic mass is 35.5. The summed E-state index contributed by atoms with van der Waals surface area (Å²) < 4.78 is 6.11. The van der Waals surface area contributed by atoms with Crippen molar-refractivity contribution in [2.75, 3.05) is 19.6 Å². The fourth-order valence-corrected chi connectivity index (χ4v) is 4.30. The molecule has 138 valence electrons. The number of benzene rings is 2. The van der Waals surface area contributed by atoms with Gasteiger partial charge in [0.1, 0.15) is 12.4 Å². The lowest BCUT2D eigenvalue weighted by Crippen LogP contribution is -2.55. The van der Waals surface area contributed by atoms with Gasteiger partial charge in [-0.3, -0.25) is 0 Å². The molecule has 0 aromatic heterocycles. The number of fused-ring (bicyclic) bond motifs is 3. The molecule has 3 aliphatic rings. The van der Waals surface area contributed by atoms with Crippen LogP contribution in [0.1, 0.15) is 29.5 Å². The van der Waals surface area contributed by atoms with Crippen molar-refractivity contribution in [3.8, 4) is 5.75 Å². The van der Waals surface area contributed by atoms with E-state index >= 15 is 0 Å². The van der Waals surface area contributed by atoms with Crippen LogP contribution in [0, 0.1) is 12.8 Å². The van der Waals surface area contributed by atoms with Crippen LogP contribution >= 0.6 is 11.6 Å². The van der Waals surface area contributed by atoms with Crippen molar-refractivity contribution in [1.82, 2.24) is 10.2 Å². The molecule has 1 atom stereocenters. The molecule has 0 amide bonds. The van der Waals surface area contributed by atoms with Gasteiger partial charge in [-0.15, -0.1) is 0 Å². The zero-order chi connectivity index (χ0) is 17.9. The Hall–Kier alpha value is -1.55. The van der Waals surface area contributed by atoms with Gasteiger partial charge in [0.05, 0.1) is 0 Å². The van der Waals surface area contributed by atoms with E-state index in [0.717, 1.165) is 28.8 Å². The van der Waals surface area contributed by atoms with Gasteiger partial charge in [-0.2, -0.15) is 0 Å². The van der Waals surface area contributed by atoms with Crippen LogP contribution in [0.2, 0.25) is 5.02 Å². The second-order valence-corrected chi connectivity index (χ2v) is 8.09. The zero-order valence-electron chi connectivity index (χ0n) is 15.4. The molecule has 0 aliphatic carbocycles. The molecule has 0 saturated carbocycles. The van der Waals surface area contributed by atoms with Gasteiger partial charge in [-0.05, 0) is 62.5 Å². The minimum Gasteiger partial charge on any atom is -0.489 e. The van der Waals surface area contributed by atoms with Crippen LogP contribution in [-0.2, 0) is 13.2 Å². The molecule has 3 nitrogen and oxygen atoms in total. The van der Waals surface area contributed by atoms with Crippen LogP contribution in [-0.4, -0.2) is 30.6 Å². The van der Waals surface area contributed by atoms with Gasteiger partial charge in [-0.25, -0.2) is 0 Å². The van der Waals surface area contributed by atoms with Gasteiger partial charge >= 0.3 is 0 Å². The standard InChI is InChI=1S/C22H27ClN2O/c1-16-2-4-17(5-3-16)15-26-22-7-6-20(23)12-19(22)13-24-21-14-25-10-8-18(21)9-11-25/h2-7,12,18,21,24H,8-11,13-15H2,1H3. The minimum atomic E-state index is 0.578. The van der Waals surface area contributed by atoms with Crippen molar-refractivity contribution in [1.29, 1.82) is 0 Å². The van der Waals surface area contributed by atoms with Crippen LogP contribution < -0.4 is 10.1 Å². The maximum atomic E-state index is 6.24. The third-order valence-electron chi connectivity index (χ3n) is 5.75. The third kappa shape index (κ3) is 4.22. The van der Waals surface area contributed by atoms with Crippen LogP contribution in [0.25, 0.3) is 0 Å². The molecule has 0 radical (unpaired) electrons. The summed E-state index contributed by atoms with van der Waals surface area (Å²) in [6, 6.07) is 15.0. The number of rotatable bonds is 6. The van der Waals surface area contributed by atoms with Crippen LogP contribution in [0.4, 0.5) is 0 Å². The van der Waals surface area contributed by atoms with Crippen molar-refractivity contribution in [3.63, 3.8) is 0 Å². The van der Waals surface area contributed by atoms with Gasteiger partial charge in [0.2, 0.25) is 0 Å². The van der Waals surface area contributed by atoms with E-state index in [1.54, 1.807) is 0 Å². The van der Waals surface area contributed by atoms with E-state index < -0.39 is 0 Å². The summed E-state index contributed by atoms with van der Waals surface area (Å²) in [4.78, 5) is 2.57. The first-order valence-corrected chi connectivity index (χ1v) is 9.98. The number of ether oxygens (including phenoxy) is 1. The molecule has 2 aromatic rings. The number of aryl methyl sites for hydroxylation is 1. The predicted molar refractivity (Wildman–Crippen MR) is 107 cm³/mol. The molecule has 4 heteroatoms. The maximum Gasteiger partial charge on any atom is 0.124 e. The molecule has 2 aromatic carbocycles. The molecule has 2 bridgehead atoms. The number of piperidine rings is 3. The molecule has 3 saturated heterocycles. The lowest BCUT2D eigenvalue weighted by Gasteiger charge is -2.45. The Morgan fingerprint density at radius 3 is 2.58 bits per heavy atom. The summed E-state index contributed by atoms with van der Waals surface area (Å²) in [6.07, 6.45) is 2.65.